The quantitative estimate of drug-likeness (QED) is 0.746. The van der Waals surface area contributed by atoms with Gasteiger partial charge in [-0.05, 0) is 58.0 Å². The summed E-state index contributed by atoms with van der Waals surface area (Å²) in [5.41, 5.74) is 0. The number of rotatable bonds is 3. The molecule has 1 atom stereocenters. The minimum absolute atomic E-state index is 0.730. The molecule has 0 spiro atoms. The molecule has 2 aliphatic heterocycles. The molecule has 17 heavy (non-hydrogen) atoms. The first-order chi connectivity index (χ1) is 8.08. The van der Waals surface area contributed by atoms with Gasteiger partial charge in [0, 0.05) is 25.2 Å². The second kappa shape index (κ2) is 5.71. The number of hydrogen-bond acceptors (Lipinski definition) is 2. The maximum atomic E-state index is 2.77. The fourth-order valence-electron chi connectivity index (χ4n) is 3.49. The molecule has 2 heteroatoms. The molecule has 2 aliphatic rings. The molecule has 0 N–H and O–H groups in total. The van der Waals surface area contributed by atoms with E-state index in [-0.39, 0.29) is 0 Å². The Bertz CT molecular complexity index is 229. The molecule has 2 heterocycles. The molecule has 0 radical (unpaired) electrons. The molecule has 0 aliphatic carbocycles. The van der Waals surface area contributed by atoms with Crippen LogP contribution in [0.3, 0.4) is 0 Å². The Morgan fingerprint density at radius 3 is 2.00 bits per heavy atom. The largest absolute Gasteiger partial charge is 0.299 e. The lowest BCUT2D eigenvalue weighted by Crippen LogP contribution is -2.44. The Labute approximate surface area is 107 Å². The van der Waals surface area contributed by atoms with E-state index in [4.69, 9.17) is 0 Å². The van der Waals surface area contributed by atoms with Crippen molar-refractivity contribution in [2.45, 2.75) is 59.0 Å². The number of hydrogen-bond donors (Lipinski definition) is 0. The van der Waals surface area contributed by atoms with E-state index in [9.17, 15) is 0 Å². The van der Waals surface area contributed by atoms with Crippen molar-refractivity contribution in [2.75, 3.05) is 26.2 Å². The first kappa shape index (κ1) is 13.4. The van der Waals surface area contributed by atoms with Crippen molar-refractivity contribution in [1.82, 2.24) is 9.80 Å². The van der Waals surface area contributed by atoms with E-state index < -0.39 is 0 Å². The predicted octanol–water partition coefficient (Wildman–Crippen LogP) is 2.84. The molecule has 2 rings (SSSR count). The van der Waals surface area contributed by atoms with Gasteiger partial charge >= 0.3 is 0 Å². The van der Waals surface area contributed by atoms with Crippen LogP contribution >= 0.6 is 0 Å². The number of nitrogens with zero attached hydrogens (tertiary/aromatic N) is 2. The predicted molar refractivity (Wildman–Crippen MR) is 74.2 cm³/mol. The van der Waals surface area contributed by atoms with Crippen molar-refractivity contribution in [1.29, 1.82) is 0 Å². The van der Waals surface area contributed by atoms with E-state index >= 15 is 0 Å². The van der Waals surface area contributed by atoms with E-state index in [1.54, 1.807) is 0 Å². The summed E-state index contributed by atoms with van der Waals surface area (Å²) >= 11 is 0. The third-order valence-electron chi connectivity index (χ3n) is 4.96. The van der Waals surface area contributed by atoms with Gasteiger partial charge in [0.2, 0.25) is 0 Å². The number of piperidine rings is 1. The average Bonchev–Trinajstić information content (AvgIpc) is 2.78. The van der Waals surface area contributed by atoms with Gasteiger partial charge in [-0.25, -0.2) is 0 Å². The average molecular weight is 238 g/mol. The minimum atomic E-state index is 0.730. The summed E-state index contributed by atoms with van der Waals surface area (Å²) in [5, 5.41) is 0. The van der Waals surface area contributed by atoms with Gasteiger partial charge in [-0.2, -0.15) is 0 Å². The van der Waals surface area contributed by atoms with Crippen LogP contribution in [-0.4, -0.2) is 48.1 Å². The van der Waals surface area contributed by atoms with Crippen LogP contribution in [0.15, 0.2) is 0 Å². The highest BCUT2D eigenvalue weighted by atomic mass is 15.3. The molecule has 2 fully saturated rings. The van der Waals surface area contributed by atoms with Gasteiger partial charge in [0.1, 0.15) is 0 Å². The summed E-state index contributed by atoms with van der Waals surface area (Å²) in [6.07, 6.45) is 4.25. The van der Waals surface area contributed by atoms with Crippen LogP contribution in [0.2, 0.25) is 0 Å². The lowest BCUT2D eigenvalue weighted by molar-refractivity contribution is 0.113. The Kier molecular flexibility index (Phi) is 4.48. The standard InChI is InChI=1S/C15H30N2/c1-12(2)14-5-8-16(9-6-14)15-7-10-17(11-15)13(3)4/h12-15H,5-11H2,1-4H3/t15-/m1/s1. The second-order valence-electron chi connectivity index (χ2n) is 6.65. The highest BCUT2D eigenvalue weighted by Crippen LogP contribution is 2.28. The van der Waals surface area contributed by atoms with E-state index in [0.29, 0.717) is 0 Å². The van der Waals surface area contributed by atoms with E-state index in [1.165, 1.54) is 45.4 Å². The van der Waals surface area contributed by atoms with E-state index in [1.807, 2.05) is 0 Å². The summed E-state index contributed by atoms with van der Waals surface area (Å²) in [5.74, 6) is 1.86. The van der Waals surface area contributed by atoms with Crippen molar-refractivity contribution < 1.29 is 0 Å². The Morgan fingerprint density at radius 2 is 1.53 bits per heavy atom. The Hall–Kier alpha value is -0.0800. The van der Waals surface area contributed by atoms with E-state index in [2.05, 4.69) is 37.5 Å². The molecule has 100 valence electrons. The topological polar surface area (TPSA) is 6.48 Å². The molecular formula is C15H30N2. The summed E-state index contributed by atoms with van der Waals surface area (Å²) in [6.45, 7) is 14.7. The van der Waals surface area contributed by atoms with Crippen molar-refractivity contribution >= 4 is 0 Å². The van der Waals surface area contributed by atoms with Gasteiger partial charge < -0.3 is 0 Å². The second-order valence-corrected chi connectivity index (χ2v) is 6.65. The molecule has 0 unspecified atom stereocenters. The molecule has 2 nitrogen and oxygen atoms in total. The summed E-state index contributed by atoms with van der Waals surface area (Å²) in [7, 11) is 0. The zero-order chi connectivity index (χ0) is 12.4. The van der Waals surface area contributed by atoms with E-state index in [0.717, 1.165) is 23.9 Å². The van der Waals surface area contributed by atoms with Crippen LogP contribution in [0.4, 0.5) is 0 Å². The molecule has 0 aromatic carbocycles. The summed E-state index contributed by atoms with van der Waals surface area (Å²) in [4.78, 5) is 5.40. The molecule has 0 bridgehead atoms. The van der Waals surface area contributed by atoms with Crippen molar-refractivity contribution in [2.24, 2.45) is 11.8 Å². The monoisotopic (exact) mass is 238 g/mol. The van der Waals surface area contributed by atoms with Crippen molar-refractivity contribution in [3.05, 3.63) is 0 Å². The summed E-state index contributed by atoms with van der Waals surface area (Å²) < 4.78 is 0. The Morgan fingerprint density at radius 1 is 0.882 bits per heavy atom. The highest BCUT2D eigenvalue weighted by molar-refractivity contribution is 4.87. The molecular weight excluding hydrogens is 208 g/mol. The maximum Gasteiger partial charge on any atom is 0.0235 e. The Balaban J connectivity index is 1.78. The van der Waals surface area contributed by atoms with Crippen LogP contribution in [0.5, 0.6) is 0 Å². The van der Waals surface area contributed by atoms with Gasteiger partial charge in [-0.15, -0.1) is 0 Å². The first-order valence-corrected chi connectivity index (χ1v) is 7.56. The van der Waals surface area contributed by atoms with Gasteiger partial charge in [0.25, 0.3) is 0 Å². The molecule has 0 amide bonds. The van der Waals surface area contributed by atoms with Crippen molar-refractivity contribution in [3.63, 3.8) is 0 Å². The van der Waals surface area contributed by atoms with Gasteiger partial charge in [0.15, 0.2) is 0 Å². The third kappa shape index (κ3) is 3.23. The molecule has 0 aromatic heterocycles. The highest BCUT2D eigenvalue weighted by Gasteiger charge is 2.31. The first-order valence-electron chi connectivity index (χ1n) is 7.56. The van der Waals surface area contributed by atoms with Crippen molar-refractivity contribution in [3.8, 4) is 0 Å². The van der Waals surface area contributed by atoms with Crippen LogP contribution < -0.4 is 0 Å². The van der Waals surface area contributed by atoms with Crippen LogP contribution in [0, 0.1) is 11.8 Å². The maximum absolute atomic E-state index is 2.77. The molecule has 0 aromatic rings. The minimum Gasteiger partial charge on any atom is -0.299 e. The van der Waals surface area contributed by atoms with Gasteiger partial charge in [0.05, 0.1) is 0 Å². The lowest BCUT2D eigenvalue weighted by atomic mass is 9.86. The smallest absolute Gasteiger partial charge is 0.0235 e. The normalized spacial score (nSPS) is 29.6. The van der Waals surface area contributed by atoms with Gasteiger partial charge in [-0.3, -0.25) is 9.80 Å². The zero-order valence-corrected chi connectivity index (χ0v) is 12.2. The molecule has 2 saturated heterocycles. The van der Waals surface area contributed by atoms with Crippen LogP contribution in [0.25, 0.3) is 0 Å². The zero-order valence-electron chi connectivity index (χ0n) is 12.2. The SMILES string of the molecule is CC(C)C1CCN([C@@H]2CCN(C(C)C)C2)CC1. The third-order valence-corrected chi connectivity index (χ3v) is 4.96. The van der Waals surface area contributed by atoms with Crippen LogP contribution in [-0.2, 0) is 0 Å². The number of likely N-dealkylation sites (tertiary alicyclic amines) is 2. The van der Waals surface area contributed by atoms with Crippen LogP contribution in [0.1, 0.15) is 47.0 Å². The lowest BCUT2D eigenvalue weighted by Gasteiger charge is -2.37. The fourth-order valence-corrected chi connectivity index (χ4v) is 3.49. The fraction of sp³-hybridized carbons (Fsp3) is 1.00. The van der Waals surface area contributed by atoms with Gasteiger partial charge in [-0.1, -0.05) is 13.8 Å². The molecule has 0 saturated carbocycles. The summed E-state index contributed by atoms with van der Waals surface area (Å²) in [6, 6.07) is 1.58.